The topological polar surface area (TPSA) is 93.5 Å². The lowest BCUT2D eigenvalue weighted by Crippen LogP contribution is -2.24. The highest BCUT2D eigenvalue weighted by molar-refractivity contribution is 6.04. The molecule has 0 unspecified atom stereocenters. The minimum Gasteiger partial charge on any atom is -0.468 e. The second-order valence-electron chi connectivity index (χ2n) is 7.66. The number of pyridine rings is 1. The third-order valence-corrected chi connectivity index (χ3v) is 4.90. The van der Waals surface area contributed by atoms with Crippen molar-refractivity contribution in [3.63, 3.8) is 0 Å². The molecule has 0 atom stereocenters. The van der Waals surface area contributed by atoms with E-state index in [4.69, 9.17) is 4.42 Å². The van der Waals surface area contributed by atoms with Crippen molar-refractivity contribution in [1.29, 1.82) is 0 Å². The van der Waals surface area contributed by atoms with Crippen molar-refractivity contribution in [3.05, 3.63) is 89.8 Å². The molecule has 7 nitrogen and oxygen atoms in total. The molecule has 35 heavy (non-hydrogen) atoms. The summed E-state index contributed by atoms with van der Waals surface area (Å²) in [6.45, 7) is -1.33. The number of nitrogens with zero attached hydrogens (tertiary/aromatic N) is 1. The van der Waals surface area contributed by atoms with Crippen molar-refractivity contribution in [3.8, 4) is 5.88 Å². The Morgan fingerprint density at radius 1 is 0.971 bits per heavy atom. The first-order valence-corrected chi connectivity index (χ1v) is 10.6. The fraction of sp³-hybridized carbons (Fsp3) is 0.160. The molecule has 2 amide bonds. The van der Waals surface area contributed by atoms with Crippen molar-refractivity contribution in [2.45, 2.75) is 19.1 Å². The van der Waals surface area contributed by atoms with E-state index in [1.54, 1.807) is 42.5 Å². The Morgan fingerprint density at radius 3 is 2.49 bits per heavy atom. The number of rotatable bonds is 8. The van der Waals surface area contributed by atoms with Gasteiger partial charge in [-0.1, -0.05) is 30.3 Å². The predicted octanol–water partition coefficient (Wildman–Crippen LogP) is 4.88. The van der Waals surface area contributed by atoms with Gasteiger partial charge in [0.15, 0.2) is 12.4 Å². The van der Waals surface area contributed by atoms with Crippen LogP contribution in [-0.2, 0) is 17.8 Å². The molecule has 0 spiro atoms. The Morgan fingerprint density at radius 2 is 1.74 bits per heavy atom. The van der Waals surface area contributed by atoms with E-state index in [1.807, 2.05) is 18.2 Å². The van der Waals surface area contributed by atoms with Gasteiger partial charge in [-0.05, 0) is 41.5 Å². The molecule has 2 heterocycles. The van der Waals surface area contributed by atoms with Crippen molar-refractivity contribution in [2.24, 2.45) is 0 Å². The van der Waals surface area contributed by atoms with Gasteiger partial charge in [0, 0.05) is 29.9 Å². The SMILES string of the molecule is O=C(Cc1ccc(NC(=O)c2cc3ccccc3o2)cc1)NCc1ccnc(OCC(F)(F)F)c1. The van der Waals surface area contributed by atoms with E-state index in [9.17, 15) is 22.8 Å². The van der Waals surface area contributed by atoms with Crippen LogP contribution in [0.25, 0.3) is 11.0 Å². The van der Waals surface area contributed by atoms with Crippen LogP contribution in [0.3, 0.4) is 0 Å². The Bertz CT molecular complexity index is 1300. The van der Waals surface area contributed by atoms with Crippen LogP contribution in [-0.4, -0.2) is 29.6 Å². The molecule has 0 aliphatic heterocycles. The quantitative estimate of drug-likeness (QED) is 0.373. The van der Waals surface area contributed by atoms with Gasteiger partial charge in [0.25, 0.3) is 5.91 Å². The van der Waals surface area contributed by atoms with E-state index in [-0.39, 0.29) is 36.4 Å². The maximum absolute atomic E-state index is 12.4. The zero-order valence-corrected chi connectivity index (χ0v) is 18.3. The van der Waals surface area contributed by atoms with Gasteiger partial charge in [-0.3, -0.25) is 9.59 Å². The van der Waals surface area contributed by atoms with Crippen LogP contribution in [0.5, 0.6) is 5.88 Å². The number of hydrogen-bond donors (Lipinski definition) is 2. The molecule has 2 N–H and O–H groups in total. The zero-order chi connectivity index (χ0) is 24.8. The van der Waals surface area contributed by atoms with E-state index >= 15 is 0 Å². The molecule has 180 valence electrons. The van der Waals surface area contributed by atoms with Gasteiger partial charge >= 0.3 is 6.18 Å². The number of ether oxygens (including phenoxy) is 1. The van der Waals surface area contributed by atoms with E-state index in [0.717, 1.165) is 5.39 Å². The first kappa shape index (κ1) is 23.8. The fourth-order valence-corrected chi connectivity index (χ4v) is 3.24. The van der Waals surface area contributed by atoms with E-state index in [2.05, 4.69) is 20.4 Å². The summed E-state index contributed by atoms with van der Waals surface area (Å²) in [5, 5.41) is 6.28. The van der Waals surface area contributed by atoms with E-state index in [0.29, 0.717) is 22.4 Å². The Labute approximate surface area is 197 Å². The molecule has 4 aromatic rings. The molecule has 0 radical (unpaired) electrons. The van der Waals surface area contributed by atoms with Gasteiger partial charge in [-0.15, -0.1) is 0 Å². The summed E-state index contributed by atoms with van der Waals surface area (Å²) in [6, 6.07) is 18.7. The number of amides is 2. The Hall–Kier alpha value is -4.34. The number of alkyl halides is 3. The van der Waals surface area contributed by atoms with Crippen molar-refractivity contribution < 1.29 is 31.9 Å². The number of benzene rings is 2. The number of hydrogen-bond acceptors (Lipinski definition) is 5. The van der Waals surface area contributed by atoms with Crippen LogP contribution in [0.15, 0.2) is 77.3 Å². The maximum atomic E-state index is 12.4. The molecule has 2 aromatic heterocycles. The van der Waals surface area contributed by atoms with Crippen LogP contribution in [0.4, 0.5) is 18.9 Å². The largest absolute Gasteiger partial charge is 0.468 e. The molecule has 4 rings (SSSR count). The fourth-order valence-electron chi connectivity index (χ4n) is 3.24. The maximum Gasteiger partial charge on any atom is 0.422 e. The average molecular weight is 483 g/mol. The smallest absolute Gasteiger partial charge is 0.422 e. The second-order valence-corrected chi connectivity index (χ2v) is 7.66. The number of halogens is 3. The summed E-state index contributed by atoms with van der Waals surface area (Å²) in [5.41, 5.74) is 2.43. The lowest BCUT2D eigenvalue weighted by molar-refractivity contribution is -0.154. The number of fused-ring (bicyclic) bond motifs is 1. The molecule has 0 fully saturated rings. The standard InChI is InChI=1S/C25H20F3N3O4/c26-25(27,28)15-34-23-12-17(9-10-29-23)14-30-22(32)11-16-5-7-19(8-6-16)31-24(33)21-13-18-3-1-2-4-20(18)35-21/h1-10,12-13H,11,14-15H2,(H,30,32)(H,31,33). The minimum absolute atomic E-state index is 0.0836. The molecule has 10 heteroatoms. The lowest BCUT2D eigenvalue weighted by Gasteiger charge is -2.10. The number of aromatic nitrogens is 1. The number of furan rings is 1. The number of anilines is 1. The third kappa shape index (κ3) is 6.83. The molecule has 2 aromatic carbocycles. The number of nitrogens with one attached hydrogen (secondary N) is 2. The van der Waals surface area contributed by atoms with Crippen molar-refractivity contribution >= 4 is 28.5 Å². The van der Waals surface area contributed by atoms with Crippen LogP contribution in [0.2, 0.25) is 0 Å². The zero-order valence-electron chi connectivity index (χ0n) is 18.3. The number of carbonyl (C=O) groups excluding carboxylic acids is 2. The third-order valence-electron chi connectivity index (χ3n) is 4.90. The van der Waals surface area contributed by atoms with Crippen LogP contribution in [0.1, 0.15) is 21.7 Å². The Balaban J connectivity index is 1.27. The van der Waals surface area contributed by atoms with Gasteiger partial charge in [0.2, 0.25) is 11.8 Å². The summed E-state index contributed by atoms with van der Waals surface area (Å²) in [6.07, 6.45) is -3.07. The van der Waals surface area contributed by atoms with Crippen molar-refractivity contribution in [2.75, 3.05) is 11.9 Å². The number of carbonyl (C=O) groups is 2. The number of para-hydroxylation sites is 1. The molecule has 0 aliphatic carbocycles. The van der Waals surface area contributed by atoms with Crippen molar-refractivity contribution in [1.82, 2.24) is 10.3 Å². The highest BCUT2D eigenvalue weighted by Gasteiger charge is 2.28. The second kappa shape index (κ2) is 10.3. The van der Waals surface area contributed by atoms with E-state index < -0.39 is 12.8 Å². The predicted molar refractivity (Wildman–Crippen MR) is 122 cm³/mol. The first-order valence-electron chi connectivity index (χ1n) is 10.6. The highest BCUT2D eigenvalue weighted by Crippen LogP contribution is 2.20. The summed E-state index contributed by atoms with van der Waals surface area (Å²) in [7, 11) is 0. The van der Waals surface area contributed by atoms with Gasteiger partial charge in [0.1, 0.15) is 5.58 Å². The molecule has 0 bridgehead atoms. The Kier molecular flexibility index (Phi) is 7.00. The summed E-state index contributed by atoms with van der Waals surface area (Å²) < 4.78 is 47.0. The minimum atomic E-state index is -4.46. The molecular formula is C25H20F3N3O4. The first-order chi connectivity index (χ1) is 16.7. The van der Waals surface area contributed by atoms with Crippen LogP contribution >= 0.6 is 0 Å². The molecule has 0 aliphatic rings. The molecule has 0 saturated heterocycles. The van der Waals surface area contributed by atoms with Gasteiger partial charge in [-0.25, -0.2) is 4.98 Å². The monoisotopic (exact) mass is 483 g/mol. The van der Waals surface area contributed by atoms with E-state index in [1.165, 1.54) is 12.3 Å². The van der Waals surface area contributed by atoms with Crippen LogP contribution in [0, 0.1) is 0 Å². The van der Waals surface area contributed by atoms with Gasteiger partial charge in [0.05, 0.1) is 6.42 Å². The molecular weight excluding hydrogens is 463 g/mol. The summed E-state index contributed by atoms with van der Waals surface area (Å²) in [4.78, 5) is 28.4. The summed E-state index contributed by atoms with van der Waals surface area (Å²) in [5.74, 6) is -0.645. The summed E-state index contributed by atoms with van der Waals surface area (Å²) >= 11 is 0. The van der Waals surface area contributed by atoms with Crippen LogP contribution < -0.4 is 15.4 Å². The van der Waals surface area contributed by atoms with Gasteiger partial charge < -0.3 is 19.8 Å². The molecule has 0 saturated carbocycles. The highest BCUT2D eigenvalue weighted by atomic mass is 19.4. The normalized spacial score (nSPS) is 11.3. The lowest BCUT2D eigenvalue weighted by atomic mass is 10.1. The average Bonchev–Trinajstić information content (AvgIpc) is 3.27. The van der Waals surface area contributed by atoms with Gasteiger partial charge in [-0.2, -0.15) is 13.2 Å².